The first kappa shape index (κ1) is 14.3. The normalized spacial score (nSPS) is 10.5. The number of hydrogen-bond acceptors (Lipinski definition) is 5. The van der Waals surface area contributed by atoms with Crippen LogP contribution in [0.15, 0.2) is 21.1 Å². The molecule has 0 amide bonds. The van der Waals surface area contributed by atoms with E-state index in [2.05, 4.69) is 52.7 Å². The molecule has 1 aromatic carbocycles. The maximum absolute atomic E-state index is 5.27. The number of rotatable bonds is 5. The van der Waals surface area contributed by atoms with E-state index in [0.29, 0.717) is 12.5 Å². The lowest BCUT2D eigenvalue weighted by molar-refractivity contribution is 0.409. The van der Waals surface area contributed by atoms with Crippen molar-refractivity contribution in [3.63, 3.8) is 0 Å². The number of anilines is 1. The monoisotopic (exact) mass is 389 g/mol. The average molecular weight is 391 g/mol. The first-order valence-corrected chi connectivity index (χ1v) is 7.26. The quantitative estimate of drug-likeness (QED) is 0.850. The highest BCUT2D eigenvalue weighted by molar-refractivity contribution is 9.11. The predicted molar refractivity (Wildman–Crippen MR) is 79.2 cm³/mol. The van der Waals surface area contributed by atoms with E-state index in [9.17, 15) is 0 Å². The lowest BCUT2D eigenvalue weighted by atomic mass is 10.2. The van der Waals surface area contributed by atoms with E-state index < -0.39 is 0 Å². The second-order valence-electron chi connectivity index (χ2n) is 3.76. The third kappa shape index (κ3) is 3.24. The SMILES string of the molecule is CCn1nnnc1NCc1cc(Br)c(OC)c(Br)c1. The molecule has 2 rings (SSSR count). The van der Waals surface area contributed by atoms with Gasteiger partial charge in [0.15, 0.2) is 0 Å². The van der Waals surface area contributed by atoms with Gasteiger partial charge in [-0.05, 0) is 66.9 Å². The van der Waals surface area contributed by atoms with Crippen LogP contribution in [-0.2, 0) is 13.1 Å². The van der Waals surface area contributed by atoms with Crippen molar-refractivity contribution in [2.75, 3.05) is 12.4 Å². The molecule has 0 bridgehead atoms. The molecular formula is C11H13Br2N5O. The third-order valence-corrected chi connectivity index (χ3v) is 3.72. The van der Waals surface area contributed by atoms with Crippen LogP contribution in [0.1, 0.15) is 12.5 Å². The molecule has 0 fully saturated rings. The Morgan fingerprint density at radius 2 is 2.00 bits per heavy atom. The average Bonchev–Trinajstić information content (AvgIpc) is 2.83. The van der Waals surface area contributed by atoms with Crippen molar-refractivity contribution in [2.24, 2.45) is 0 Å². The van der Waals surface area contributed by atoms with Gasteiger partial charge < -0.3 is 10.1 Å². The molecule has 1 N–H and O–H groups in total. The first-order chi connectivity index (χ1) is 9.15. The van der Waals surface area contributed by atoms with Crippen LogP contribution in [-0.4, -0.2) is 27.3 Å². The van der Waals surface area contributed by atoms with E-state index >= 15 is 0 Å². The zero-order valence-electron chi connectivity index (χ0n) is 10.5. The van der Waals surface area contributed by atoms with Gasteiger partial charge in [-0.1, -0.05) is 5.10 Å². The summed E-state index contributed by atoms with van der Waals surface area (Å²) in [6.45, 7) is 3.34. The molecule has 0 aliphatic rings. The minimum absolute atomic E-state index is 0.627. The van der Waals surface area contributed by atoms with Gasteiger partial charge >= 0.3 is 0 Å². The summed E-state index contributed by atoms with van der Waals surface area (Å²) >= 11 is 6.95. The molecule has 1 aromatic heterocycles. The number of tetrazole rings is 1. The molecule has 8 heteroatoms. The molecule has 1 heterocycles. The van der Waals surface area contributed by atoms with Gasteiger partial charge in [-0.2, -0.15) is 0 Å². The fourth-order valence-electron chi connectivity index (χ4n) is 1.63. The Kier molecular flexibility index (Phi) is 4.76. The van der Waals surface area contributed by atoms with Crippen molar-refractivity contribution in [2.45, 2.75) is 20.0 Å². The molecule has 0 saturated heterocycles. The minimum atomic E-state index is 0.627. The second-order valence-corrected chi connectivity index (χ2v) is 5.47. The number of hydrogen-bond donors (Lipinski definition) is 1. The summed E-state index contributed by atoms with van der Waals surface area (Å²) in [7, 11) is 1.64. The zero-order valence-corrected chi connectivity index (χ0v) is 13.7. The van der Waals surface area contributed by atoms with Crippen molar-refractivity contribution in [3.05, 3.63) is 26.6 Å². The molecule has 102 valence electrons. The van der Waals surface area contributed by atoms with Gasteiger partial charge in [0, 0.05) is 13.1 Å². The van der Waals surface area contributed by atoms with Gasteiger partial charge in [0.05, 0.1) is 16.1 Å². The molecule has 6 nitrogen and oxygen atoms in total. The summed E-state index contributed by atoms with van der Waals surface area (Å²) in [4.78, 5) is 0. The van der Waals surface area contributed by atoms with Gasteiger partial charge in [-0.3, -0.25) is 0 Å². The van der Waals surface area contributed by atoms with Crippen molar-refractivity contribution >= 4 is 37.8 Å². The Morgan fingerprint density at radius 3 is 2.58 bits per heavy atom. The molecule has 2 aromatic rings. The number of ether oxygens (including phenoxy) is 1. The van der Waals surface area contributed by atoms with Crippen molar-refractivity contribution in [1.29, 1.82) is 0 Å². The van der Waals surface area contributed by atoms with Crippen LogP contribution >= 0.6 is 31.9 Å². The first-order valence-electron chi connectivity index (χ1n) is 5.67. The third-order valence-electron chi connectivity index (χ3n) is 2.54. The van der Waals surface area contributed by atoms with Crippen molar-refractivity contribution < 1.29 is 4.74 Å². The minimum Gasteiger partial charge on any atom is -0.494 e. The lowest BCUT2D eigenvalue weighted by Gasteiger charge is -2.10. The molecule has 0 aliphatic heterocycles. The van der Waals surface area contributed by atoms with E-state index in [1.54, 1.807) is 11.8 Å². The topological polar surface area (TPSA) is 64.9 Å². The van der Waals surface area contributed by atoms with Crippen molar-refractivity contribution in [3.8, 4) is 5.75 Å². The molecule has 0 aliphatic carbocycles. The Morgan fingerprint density at radius 1 is 1.32 bits per heavy atom. The van der Waals surface area contributed by atoms with Crippen LogP contribution in [0.25, 0.3) is 0 Å². The Balaban J connectivity index is 2.12. The van der Waals surface area contributed by atoms with E-state index in [1.807, 2.05) is 19.1 Å². The number of nitrogens with zero attached hydrogens (tertiary/aromatic N) is 4. The van der Waals surface area contributed by atoms with Crippen LogP contribution < -0.4 is 10.1 Å². The fraction of sp³-hybridized carbons (Fsp3) is 0.364. The Hall–Kier alpha value is -1.15. The predicted octanol–water partition coefficient (Wildman–Crippen LogP) is 2.84. The van der Waals surface area contributed by atoms with Crippen LogP contribution in [0.3, 0.4) is 0 Å². The van der Waals surface area contributed by atoms with Gasteiger partial charge in [0.1, 0.15) is 5.75 Å². The summed E-state index contributed by atoms with van der Waals surface area (Å²) < 4.78 is 8.77. The number of halogens is 2. The maximum atomic E-state index is 5.27. The molecule has 0 unspecified atom stereocenters. The second kappa shape index (κ2) is 6.33. The van der Waals surface area contributed by atoms with Crippen molar-refractivity contribution in [1.82, 2.24) is 20.2 Å². The van der Waals surface area contributed by atoms with E-state index in [0.717, 1.165) is 26.8 Å². The molecule has 0 spiro atoms. The van der Waals surface area contributed by atoms with Crippen LogP contribution in [0, 0.1) is 0 Å². The number of aromatic nitrogens is 4. The lowest BCUT2D eigenvalue weighted by Crippen LogP contribution is -2.08. The highest BCUT2D eigenvalue weighted by Crippen LogP contribution is 2.34. The van der Waals surface area contributed by atoms with Gasteiger partial charge in [0.25, 0.3) is 0 Å². The standard InChI is InChI=1S/C11H13Br2N5O/c1-3-18-11(15-16-17-18)14-6-7-4-8(12)10(19-2)9(13)5-7/h4-5H,3,6H2,1-2H3,(H,14,15,17). The summed E-state index contributed by atoms with van der Waals surface area (Å²) in [5.74, 6) is 1.44. The molecule has 0 radical (unpaired) electrons. The molecule has 0 saturated carbocycles. The Labute approximate surface area is 127 Å². The molecule has 0 atom stereocenters. The maximum Gasteiger partial charge on any atom is 0.243 e. The number of nitrogens with one attached hydrogen (secondary N) is 1. The highest BCUT2D eigenvalue weighted by atomic mass is 79.9. The largest absolute Gasteiger partial charge is 0.494 e. The molecular weight excluding hydrogens is 378 g/mol. The van der Waals surface area contributed by atoms with E-state index in [4.69, 9.17) is 4.74 Å². The van der Waals surface area contributed by atoms with Gasteiger partial charge in [0.2, 0.25) is 5.95 Å². The summed E-state index contributed by atoms with van der Waals surface area (Å²) in [5, 5.41) is 14.6. The zero-order chi connectivity index (χ0) is 13.8. The smallest absolute Gasteiger partial charge is 0.243 e. The number of methoxy groups -OCH3 is 1. The summed E-state index contributed by atoms with van der Waals surface area (Å²) in [5.41, 5.74) is 1.09. The Bertz CT molecular complexity index is 549. The van der Waals surface area contributed by atoms with Crippen LogP contribution in [0.4, 0.5) is 5.95 Å². The molecule has 19 heavy (non-hydrogen) atoms. The number of benzene rings is 1. The fourth-order valence-corrected chi connectivity index (χ4v) is 3.24. The van der Waals surface area contributed by atoms with E-state index in [1.165, 1.54) is 0 Å². The summed E-state index contributed by atoms with van der Waals surface area (Å²) in [6, 6.07) is 3.99. The van der Waals surface area contributed by atoms with Gasteiger partial charge in [-0.25, -0.2) is 4.68 Å². The van der Waals surface area contributed by atoms with Crippen LogP contribution in [0.2, 0.25) is 0 Å². The summed E-state index contributed by atoms with van der Waals surface area (Å²) in [6.07, 6.45) is 0. The van der Waals surface area contributed by atoms with Gasteiger partial charge in [-0.15, -0.1) is 0 Å². The highest BCUT2D eigenvalue weighted by Gasteiger charge is 2.09. The number of aryl methyl sites for hydroxylation is 1. The van der Waals surface area contributed by atoms with Crippen LogP contribution in [0.5, 0.6) is 5.75 Å². The van der Waals surface area contributed by atoms with E-state index in [-0.39, 0.29) is 0 Å².